The standard InChI is InChI=1S/C22H19N/c1-18(17-23)22(19-11-5-2-6-12-19,20-13-7-3-8-14-20)21-15-9-4-10-16-21/h2-16,18H,1H3. The molecule has 0 heterocycles. The molecule has 0 saturated carbocycles. The number of nitriles is 1. The van der Waals surface area contributed by atoms with Crippen molar-refractivity contribution >= 4 is 0 Å². The molecule has 3 aromatic carbocycles. The molecular formula is C22H19N. The minimum Gasteiger partial charge on any atom is -0.198 e. The van der Waals surface area contributed by atoms with Crippen LogP contribution in [0.4, 0.5) is 0 Å². The minimum atomic E-state index is -0.474. The van der Waals surface area contributed by atoms with Gasteiger partial charge >= 0.3 is 0 Å². The molecule has 0 aliphatic heterocycles. The highest BCUT2D eigenvalue weighted by Crippen LogP contribution is 2.44. The van der Waals surface area contributed by atoms with Gasteiger partial charge in [0.2, 0.25) is 0 Å². The van der Waals surface area contributed by atoms with Crippen LogP contribution in [0.25, 0.3) is 0 Å². The first-order valence-electron chi connectivity index (χ1n) is 7.86. The second kappa shape index (κ2) is 6.50. The van der Waals surface area contributed by atoms with Crippen LogP contribution in [-0.2, 0) is 5.41 Å². The van der Waals surface area contributed by atoms with Crippen LogP contribution in [0.1, 0.15) is 23.6 Å². The second-order valence-corrected chi connectivity index (χ2v) is 5.76. The van der Waals surface area contributed by atoms with E-state index in [0.29, 0.717) is 0 Å². The van der Waals surface area contributed by atoms with Crippen LogP contribution in [0.2, 0.25) is 0 Å². The number of nitrogens with zero attached hydrogens (tertiary/aromatic N) is 1. The van der Waals surface area contributed by atoms with E-state index in [-0.39, 0.29) is 5.92 Å². The highest BCUT2D eigenvalue weighted by molar-refractivity contribution is 5.52. The highest BCUT2D eigenvalue weighted by atomic mass is 14.4. The van der Waals surface area contributed by atoms with Crippen molar-refractivity contribution in [1.82, 2.24) is 0 Å². The van der Waals surface area contributed by atoms with Gasteiger partial charge in [-0.2, -0.15) is 5.26 Å². The Bertz CT molecular complexity index is 689. The molecule has 0 spiro atoms. The average Bonchev–Trinajstić information content (AvgIpc) is 2.65. The lowest BCUT2D eigenvalue weighted by molar-refractivity contribution is 0.491. The van der Waals surface area contributed by atoms with E-state index in [4.69, 9.17) is 0 Å². The highest BCUT2D eigenvalue weighted by Gasteiger charge is 2.41. The summed E-state index contributed by atoms with van der Waals surface area (Å²) in [5, 5.41) is 9.80. The summed E-state index contributed by atoms with van der Waals surface area (Å²) in [6, 6.07) is 33.5. The van der Waals surface area contributed by atoms with Gasteiger partial charge in [-0.15, -0.1) is 0 Å². The molecule has 0 aliphatic rings. The number of hydrogen-bond acceptors (Lipinski definition) is 1. The van der Waals surface area contributed by atoms with Crippen molar-refractivity contribution < 1.29 is 0 Å². The van der Waals surface area contributed by atoms with Crippen molar-refractivity contribution in [2.24, 2.45) is 5.92 Å². The molecule has 23 heavy (non-hydrogen) atoms. The largest absolute Gasteiger partial charge is 0.198 e. The summed E-state index contributed by atoms with van der Waals surface area (Å²) in [6.07, 6.45) is 0. The van der Waals surface area contributed by atoms with Crippen LogP contribution < -0.4 is 0 Å². The first kappa shape index (κ1) is 15.1. The summed E-state index contributed by atoms with van der Waals surface area (Å²) in [7, 11) is 0. The predicted octanol–water partition coefficient (Wildman–Crippen LogP) is 5.18. The van der Waals surface area contributed by atoms with Crippen molar-refractivity contribution in [3.8, 4) is 6.07 Å². The monoisotopic (exact) mass is 297 g/mol. The van der Waals surface area contributed by atoms with Gasteiger partial charge in [-0.05, 0) is 23.6 Å². The lowest BCUT2D eigenvalue weighted by Gasteiger charge is -2.38. The molecule has 0 aliphatic carbocycles. The Morgan fingerprint density at radius 2 is 0.957 bits per heavy atom. The van der Waals surface area contributed by atoms with Gasteiger partial charge in [-0.3, -0.25) is 0 Å². The van der Waals surface area contributed by atoms with E-state index in [1.165, 1.54) is 0 Å². The zero-order valence-corrected chi connectivity index (χ0v) is 13.2. The van der Waals surface area contributed by atoms with Gasteiger partial charge in [-0.25, -0.2) is 0 Å². The summed E-state index contributed by atoms with van der Waals surface area (Å²) in [6.45, 7) is 2.01. The maximum absolute atomic E-state index is 9.80. The van der Waals surface area contributed by atoms with Crippen LogP contribution in [0.3, 0.4) is 0 Å². The minimum absolute atomic E-state index is 0.199. The lowest BCUT2D eigenvalue weighted by Crippen LogP contribution is -2.35. The fraction of sp³-hybridized carbons (Fsp3) is 0.136. The molecule has 3 rings (SSSR count). The molecular weight excluding hydrogens is 278 g/mol. The normalized spacial score (nSPS) is 12.3. The van der Waals surface area contributed by atoms with Crippen molar-refractivity contribution in [2.75, 3.05) is 0 Å². The van der Waals surface area contributed by atoms with Crippen molar-refractivity contribution in [2.45, 2.75) is 12.3 Å². The van der Waals surface area contributed by atoms with E-state index < -0.39 is 5.41 Å². The molecule has 0 amide bonds. The van der Waals surface area contributed by atoms with Crippen LogP contribution >= 0.6 is 0 Å². The molecule has 1 nitrogen and oxygen atoms in total. The molecule has 1 unspecified atom stereocenters. The molecule has 0 radical (unpaired) electrons. The summed E-state index contributed by atoms with van der Waals surface area (Å²) < 4.78 is 0. The Morgan fingerprint density at radius 1 is 0.652 bits per heavy atom. The first-order chi connectivity index (χ1) is 11.3. The van der Waals surface area contributed by atoms with E-state index in [1.807, 2.05) is 61.5 Å². The van der Waals surface area contributed by atoms with Gasteiger partial charge in [0.25, 0.3) is 0 Å². The molecule has 0 saturated heterocycles. The van der Waals surface area contributed by atoms with Crippen molar-refractivity contribution in [1.29, 1.82) is 5.26 Å². The number of benzene rings is 3. The Hall–Kier alpha value is -2.85. The topological polar surface area (TPSA) is 23.8 Å². The first-order valence-corrected chi connectivity index (χ1v) is 7.86. The summed E-state index contributed by atoms with van der Waals surface area (Å²) in [5.41, 5.74) is 2.96. The number of rotatable bonds is 4. The second-order valence-electron chi connectivity index (χ2n) is 5.76. The van der Waals surface area contributed by atoms with E-state index in [1.54, 1.807) is 0 Å². The maximum atomic E-state index is 9.80. The lowest BCUT2D eigenvalue weighted by atomic mass is 9.63. The van der Waals surface area contributed by atoms with Gasteiger partial charge in [0.15, 0.2) is 0 Å². The van der Waals surface area contributed by atoms with Crippen molar-refractivity contribution in [3.63, 3.8) is 0 Å². The van der Waals surface area contributed by atoms with Crippen molar-refractivity contribution in [3.05, 3.63) is 108 Å². The maximum Gasteiger partial charge on any atom is 0.0669 e. The van der Waals surface area contributed by atoms with E-state index in [0.717, 1.165) is 16.7 Å². The van der Waals surface area contributed by atoms with Crippen LogP contribution in [-0.4, -0.2) is 0 Å². The fourth-order valence-corrected chi connectivity index (χ4v) is 3.45. The van der Waals surface area contributed by atoms with Crippen LogP contribution in [0.5, 0.6) is 0 Å². The molecule has 0 N–H and O–H groups in total. The number of hydrogen-bond donors (Lipinski definition) is 0. The summed E-state index contributed by atoms with van der Waals surface area (Å²) in [5.74, 6) is -0.199. The van der Waals surface area contributed by atoms with Crippen LogP contribution in [0.15, 0.2) is 91.0 Å². The molecule has 0 aromatic heterocycles. The Labute approximate surface area is 137 Å². The SMILES string of the molecule is CC(C#N)C(c1ccccc1)(c1ccccc1)c1ccccc1. The Kier molecular flexibility index (Phi) is 4.26. The van der Waals surface area contributed by atoms with Gasteiger partial charge in [-0.1, -0.05) is 91.0 Å². The van der Waals surface area contributed by atoms with Gasteiger partial charge in [0.1, 0.15) is 0 Å². The van der Waals surface area contributed by atoms with E-state index in [9.17, 15) is 5.26 Å². The molecule has 0 fully saturated rings. The van der Waals surface area contributed by atoms with Gasteiger partial charge < -0.3 is 0 Å². The zero-order chi connectivity index (χ0) is 16.1. The average molecular weight is 297 g/mol. The van der Waals surface area contributed by atoms with Gasteiger partial charge in [0, 0.05) is 0 Å². The Morgan fingerprint density at radius 3 is 1.22 bits per heavy atom. The molecule has 1 heteroatoms. The summed E-state index contributed by atoms with van der Waals surface area (Å²) in [4.78, 5) is 0. The third kappa shape index (κ3) is 2.53. The predicted molar refractivity (Wildman–Crippen MR) is 94.0 cm³/mol. The molecule has 1 atom stereocenters. The van der Waals surface area contributed by atoms with Crippen LogP contribution in [0, 0.1) is 17.2 Å². The molecule has 112 valence electrons. The zero-order valence-electron chi connectivity index (χ0n) is 13.2. The third-order valence-corrected chi connectivity index (χ3v) is 4.53. The molecule has 0 bridgehead atoms. The van der Waals surface area contributed by atoms with E-state index in [2.05, 4.69) is 42.5 Å². The van der Waals surface area contributed by atoms with E-state index >= 15 is 0 Å². The quantitative estimate of drug-likeness (QED) is 0.609. The molecule has 3 aromatic rings. The summed E-state index contributed by atoms with van der Waals surface area (Å²) >= 11 is 0. The van der Waals surface area contributed by atoms with Gasteiger partial charge in [0.05, 0.1) is 17.4 Å². The fourth-order valence-electron chi connectivity index (χ4n) is 3.45. The smallest absolute Gasteiger partial charge is 0.0669 e. The Balaban J connectivity index is 2.38. The third-order valence-electron chi connectivity index (χ3n) is 4.53.